The molecule has 3 aromatic rings. The van der Waals surface area contributed by atoms with E-state index in [0.717, 1.165) is 16.7 Å². The average molecular weight is 465 g/mol. The summed E-state index contributed by atoms with van der Waals surface area (Å²) in [5.74, 6) is -0.222. The normalized spacial score (nSPS) is 11.0. The number of nitriles is 1. The summed E-state index contributed by atoms with van der Waals surface area (Å²) in [6.45, 7) is 4.00. The molecular formula is C26H22ClFN2O3. The Hall–Kier alpha value is -3.82. The zero-order chi connectivity index (χ0) is 24.0. The SMILES string of the molecule is COc1cc(/C=C(\C#N)C(=O)Nc2cccc(C)c2C)cc(Cl)c1OCc1ccc(F)cc1. The molecule has 5 nitrogen and oxygen atoms in total. The van der Waals surface area contributed by atoms with Crippen molar-refractivity contribution in [2.45, 2.75) is 20.5 Å². The van der Waals surface area contributed by atoms with Gasteiger partial charge in [-0.2, -0.15) is 5.26 Å². The summed E-state index contributed by atoms with van der Waals surface area (Å²) in [6.07, 6.45) is 1.43. The summed E-state index contributed by atoms with van der Waals surface area (Å²) < 4.78 is 24.3. The third-order valence-electron chi connectivity index (χ3n) is 5.08. The molecule has 0 atom stereocenters. The van der Waals surface area contributed by atoms with Gasteiger partial charge in [-0.15, -0.1) is 0 Å². The molecule has 0 aliphatic rings. The molecule has 0 saturated carbocycles. The molecular weight excluding hydrogens is 443 g/mol. The van der Waals surface area contributed by atoms with Crippen LogP contribution in [0, 0.1) is 31.0 Å². The van der Waals surface area contributed by atoms with Crippen molar-refractivity contribution in [3.63, 3.8) is 0 Å². The van der Waals surface area contributed by atoms with E-state index in [4.69, 9.17) is 21.1 Å². The van der Waals surface area contributed by atoms with Crippen LogP contribution >= 0.6 is 11.6 Å². The van der Waals surface area contributed by atoms with Crippen LogP contribution in [0.25, 0.3) is 6.08 Å². The quantitative estimate of drug-likeness (QED) is 0.332. The van der Waals surface area contributed by atoms with E-state index < -0.39 is 5.91 Å². The van der Waals surface area contributed by atoms with E-state index in [1.54, 1.807) is 30.3 Å². The van der Waals surface area contributed by atoms with Crippen molar-refractivity contribution in [2.75, 3.05) is 12.4 Å². The van der Waals surface area contributed by atoms with E-state index in [9.17, 15) is 14.4 Å². The maximum absolute atomic E-state index is 13.1. The van der Waals surface area contributed by atoms with Gasteiger partial charge >= 0.3 is 0 Å². The molecule has 0 bridgehead atoms. The zero-order valence-corrected chi connectivity index (χ0v) is 19.2. The van der Waals surface area contributed by atoms with Gasteiger partial charge in [-0.1, -0.05) is 35.9 Å². The van der Waals surface area contributed by atoms with Crippen molar-refractivity contribution < 1.29 is 18.7 Å². The molecule has 0 unspecified atom stereocenters. The standard InChI is InChI=1S/C26H22ClFN2O3/c1-16-5-4-6-23(17(16)2)30-26(31)20(14-29)11-19-12-22(27)25(24(13-19)32-3)33-15-18-7-9-21(28)10-8-18/h4-13H,15H2,1-3H3,(H,30,31)/b20-11+. The minimum absolute atomic E-state index is 0.0889. The number of anilines is 1. The molecule has 7 heteroatoms. The van der Waals surface area contributed by atoms with Gasteiger partial charge in [0, 0.05) is 5.69 Å². The molecule has 33 heavy (non-hydrogen) atoms. The summed E-state index contributed by atoms with van der Waals surface area (Å²) in [7, 11) is 1.46. The first-order valence-electron chi connectivity index (χ1n) is 10.1. The summed E-state index contributed by atoms with van der Waals surface area (Å²) >= 11 is 6.40. The molecule has 0 heterocycles. The molecule has 3 rings (SSSR count). The van der Waals surface area contributed by atoms with Crippen LogP contribution in [0.3, 0.4) is 0 Å². The zero-order valence-electron chi connectivity index (χ0n) is 18.4. The fraction of sp³-hybridized carbons (Fsp3) is 0.154. The van der Waals surface area contributed by atoms with Crippen LogP contribution in [-0.2, 0) is 11.4 Å². The molecule has 3 aromatic carbocycles. The largest absolute Gasteiger partial charge is 0.493 e. The molecule has 0 radical (unpaired) electrons. The van der Waals surface area contributed by atoms with Gasteiger partial charge in [-0.3, -0.25) is 4.79 Å². The summed E-state index contributed by atoms with van der Waals surface area (Å²) in [5.41, 5.74) is 3.76. The van der Waals surface area contributed by atoms with E-state index in [1.807, 2.05) is 32.0 Å². The third kappa shape index (κ3) is 5.91. The lowest BCUT2D eigenvalue weighted by Gasteiger charge is -2.14. The van der Waals surface area contributed by atoms with Crippen LogP contribution in [0.15, 0.2) is 60.2 Å². The fourth-order valence-electron chi connectivity index (χ4n) is 3.09. The Morgan fingerprint density at radius 3 is 2.58 bits per heavy atom. The smallest absolute Gasteiger partial charge is 0.266 e. The minimum atomic E-state index is -0.530. The molecule has 1 amide bonds. The molecule has 1 N–H and O–H groups in total. The Morgan fingerprint density at radius 1 is 1.18 bits per heavy atom. The number of amides is 1. The van der Waals surface area contributed by atoms with Crippen LogP contribution in [0.4, 0.5) is 10.1 Å². The number of hydrogen-bond acceptors (Lipinski definition) is 4. The van der Waals surface area contributed by atoms with Gasteiger partial charge in [0.2, 0.25) is 0 Å². The topological polar surface area (TPSA) is 71.3 Å². The second kappa shape index (κ2) is 10.7. The molecule has 0 aliphatic heterocycles. The Morgan fingerprint density at radius 2 is 1.91 bits per heavy atom. The number of halogens is 2. The lowest BCUT2D eigenvalue weighted by atomic mass is 10.1. The minimum Gasteiger partial charge on any atom is -0.493 e. The molecule has 0 fully saturated rings. The third-order valence-corrected chi connectivity index (χ3v) is 5.36. The molecule has 0 spiro atoms. The van der Waals surface area contributed by atoms with Crippen LogP contribution < -0.4 is 14.8 Å². The maximum Gasteiger partial charge on any atom is 0.266 e. The van der Waals surface area contributed by atoms with Crippen LogP contribution in [0.2, 0.25) is 5.02 Å². The highest BCUT2D eigenvalue weighted by atomic mass is 35.5. The Labute approximate surface area is 197 Å². The summed E-state index contributed by atoms with van der Waals surface area (Å²) in [5, 5.41) is 12.6. The first-order valence-corrected chi connectivity index (χ1v) is 10.4. The van der Waals surface area contributed by atoms with Crippen molar-refractivity contribution >= 4 is 29.3 Å². The van der Waals surface area contributed by atoms with E-state index in [2.05, 4.69) is 5.32 Å². The number of benzene rings is 3. The predicted octanol–water partition coefficient (Wildman–Crippen LogP) is 6.23. The predicted molar refractivity (Wildman–Crippen MR) is 127 cm³/mol. The first kappa shape index (κ1) is 23.8. The Kier molecular flexibility index (Phi) is 7.70. The highest BCUT2D eigenvalue weighted by molar-refractivity contribution is 6.32. The number of nitrogens with one attached hydrogen (secondary N) is 1. The number of aryl methyl sites for hydroxylation is 1. The number of carbonyl (C=O) groups is 1. The summed E-state index contributed by atoms with van der Waals surface area (Å²) in [4.78, 5) is 12.7. The number of methoxy groups -OCH3 is 1. The monoisotopic (exact) mass is 464 g/mol. The number of rotatable bonds is 7. The Bertz CT molecular complexity index is 1250. The Balaban J connectivity index is 1.83. The molecule has 0 saturated heterocycles. The van der Waals surface area contributed by atoms with Gasteiger partial charge in [-0.25, -0.2) is 4.39 Å². The number of nitrogens with zero attached hydrogens (tertiary/aromatic N) is 1. The van der Waals surface area contributed by atoms with E-state index in [0.29, 0.717) is 22.7 Å². The lowest BCUT2D eigenvalue weighted by molar-refractivity contribution is -0.112. The molecule has 0 aliphatic carbocycles. The van der Waals surface area contributed by atoms with Gasteiger partial charge in [0.15, 0.2) is 11.5 Å². The van der Waals surface area contributed by atoms with E-state index >= 15 is 0 Å². The average Bonchev–Trinajstić information content (AvgIpc) is 2.80. The van der Waals surface area contributed by atoms with Gasteiger partial charge < -0.3 is 14.8 Å². The van der Waals surface area contributed by atoms with Crippen molar-refractivity contribution in [2.24, 2.45) is 0 Å². The van der Waals surface area contributed by atoms with E-state index in [1.165, 1.54) is 25.3 Å². The van der Waals surface area contributed by atoms with E-state index in [-0.39, 0.29) is 23.0 Å². The highest BCUT2D eigenvalue weighted by Gasteiger charge is 2.15. The van der Waals surface area contributed by atoms with Crippen molar-refractivity contribution in [3.05, 3.63) is 93.3 Å². The van der Waals surface area contributed by atoms with Crippen LogP contribution in [-0.4, -0.2) is 13.0 Å². The number of hydrogen-bond donors (Lipinski definition) is 1. The molecule has 0 aromatic heterocycles. The first-order chi connectivity index (χ1) is 15.8. The van der Waals surface area contributed by atoms with Gasteiger partial charge in [-0.05, 0) is 72.5 Å². The second-order valence-electron chi connectivity index (χ2n) is 7.32. The van der Waals surface area contributed by atoms with Crippen LogP contribution in [0.5, 0.6) is 11.5 Å². The van der Waals surface area contributed by atoms with Crippen molar-refractivity contribution in [1.29, 1.82) is 5.26 Å². The second-order valence-corrected chi connectivity index (χ2v) is 7.73. The lowest BCUT2D eigenvalue weighted by Crippen LogP contribution is -2.14. The number of ether oxygens (including phenoxy) is 2. The van der Waals surface area contributed by atoms with Gasteiger partial charge in [0.05, 0.1) is 12.1 Å². The molecule has 168 valence electrons. The van der Waals surface area contributed by atoms with Crippen molar-refractivity contribution in [1.82, 2.24) is 0 Å². The van der Waals surface area contributed by atoms with Gasteiger partial charge in [0.25, 0.3) is 5.91 Å². The fourth-order valence-corrected chi connectivity index (χ4v) is 3.36. The van der Waals surface area contributed by atoms with Crippen LogP contribution in [0.1, 0.15) is 22.3 Å². The maximum atomic E-state index is 13.1. The highest BCUT2D eigenvalue weighted by Crippen LogP contribution is 2.37. The number of carbonyl (C=O) groups excluding carboxylic acids is 1. The van der Waals surface area contributed by atoms with Crippen molar-refractivity contribution in [3.8, 4) is 17.6 Å². The van der Waals surface area contributed by atoms with Gasteiger partial charge in [0.1, 0.15) is 24.1 Å². The summed E-state index contributed by atoms with van der Waals surface area (Å²) in [6, 6.07) is 16.6.